The normalized spacial score (nSPS) is 18.6. The number of thiophene rings is 1. The first-order valence-corrected chi connectivity index (χ1v) is 8.54. The Morgan fingerprint density at radius 2 is 2.16 bits per heavy atom. The molecule has 0 spiro atoms. The van der Waals surface area contributed by atoms with Gasteiger partial charge in [-0.05, 0) is 56.7 Å². The Morgan fingerprint density at radius 3 is 2.84 bits per heavy atom. The molecule has 1 saturated carbocycles. The lowest BCUT2D eigenvalue weighted by molar-refractivity contribution is 0.0271. The van der Waals surface area contributed by atoms with Crippen LogP contribution in [0.15, 0.2) is 11.4 Å². The zero-order valence-corrected chi connectivity index (χ0v) is 13.1. The minimum atomic E-state index is 0.467. The first kappa shape index (κ1) is 15.0. The molecule has 1 heterocycles. The molecule has 0 radical (unpaired) electrons. The van der Waals surface area contributed by atoms with E-state index in [9.17, 15) is 0 Å². The molecule has 0 amide bonds. The van der Waals surface area contributed by atoms with Crippen molar-refractivity contribution in [2.45, 2.75) is 64.5 Å². The summed E-state index contributed by atoms with van der Waals surface area (Å²) in [7, 11) is 0. The standard InChI is InChI=1S/C16H27NOS/c1-13-9-12-19-16(13)14(2)17-10-6-11-18-15-7-4-3-5-8-15/h9,12,14-15,17H,3-8,10-11H2,1-2H3. The van der Waals surface area contributed by atoms with E-state index in [2.05, 4.69) is 30.6 Å². The van der Waals surface area contributed by atoms with Gasteiger partial charge in [0, 0.05) is 17.5 Å². The van der Waals surface area contributed by atoms with Gasteiger partial charge in [0.05, 0.1) is 6.10 Å². The predicted molar refractivity (Wildman–Crippen MR) is 82.9 cm³/mol. The topological polar surface area (TPSA) is 21.3 Å². The molecule has 1 aliphatic carbocycles. The molecule has 108 valence electrons. The van der Waals surface area contributed by atoms with Gasteiger partial charge >= 0.3 is 0 Å². The number of ether oxygens (including phenoxy) is 1. The molecular formula is C16H27NOS. The molecule has 2 rings (SSSR count). The van der Waals surface area contributed by atoms with E-state index in [4.69, 9.17) is 4.74 Å². The summed E-state index contributed by atoms with van der Waals surface area (Å²) in [6, 6.07) is 2.67. The van der Waals surface area contributed by atoms with Crippen molar-refractivity contribution in [3.05, 3.63) is 21.9 Å². The van der Waals surface area contributed by atoms with Crippen LogP contribution in [0.5, 0.6) is 0 Å². The fourth-order valence-corrected chi connectivity index (χ4v) is 3.75. The third-order valence-corrected chi connectivity index (χ3v) is 5.17. The summed E-state index contributed by atoms with van der Waals surface area (Å²) in [6.45, 7) is 6.40. The average Bonchev–Trinajstić information content (AvgIpc) is 2.86. The molecule has 1 N–H and O–H groups in total. The third-order valence-electron chi connectivity index (χ3n) is 3.97. The second-order valence-corrected chi connectivity index (χ2v) is 6.58. The van der Waals surface area contributed by atoms with Crippen LogP contribution in [0.4, 0.5) is 0 Å². The van der Waals surface area contributed by atoms with Crippen LogP contribution in [0.3, 0.4) is 0 Å². The van der Waals surface area contributed by atoms with Gasteiger partial charge in [0.2, 0.25) is 0 Å². The molecule has 1 unspecified atom stereocenters. The molecule has 1 aromatic heterocycles. The smallest absolute Gasteiger partial charge is 0.0575 e. The van der Waals surface area contributed by atoms with E-state index in [0.717, 1.165) is 19.6 Å². The van der Waals surface area contributed by atoms with E-state index in [1.807, 2.05) is 11.3 Å². The third kappa shape index (κ3) is 4.90. The van der Waals surface area contributed by atoms with Crippen molar-refractivity contribution in [2.75, 3.05) is 13.2 Å². The molecular weight excluding hydrogens is 254 g/mol. The summed E-state index contributed by atoms with van der Waals surface area (Å²) < 4.78 is 5.94. The average molecular weight is 281 g/mol. The van der Waals surface area contributed by atoms with Gasteiger partial charge in [-0.2, -0.15) is 0 Å². The van der Waals surface area contributed by atoms with E-state index in [-0.39, 0.29) is 0 Å². The zero-order valence-electron chi connectivity index (χ0n) is 12.3. The Kier molecular flexibility index (Phi) is 6.35. The van der Waals surface area contributed by atoms with Gasteiger partial charge in [-0.3, -0.25) is 0 Å². The van der Waals surface area contributed by atoms with Crippen molar-refractivity contribution in [1.29, 1.82) is 0 Å². The zero-order chi connectivity index (χ0) is 13.5. The highest BCUT2D eigenvalue weighted by Crippen LogP contribution is 2.23. The molecule has 1 aliphatic rings. The lowest BCUT2D eigenvalue weighted by Gasteiger charge is -2.22. The number of nitrogens with one attached hydrogen (secondary N) is 1. The second-order valence-electron chi connectivity index (χ2n) is 5.63. The highest BCUT2D eigenvalue weighted by Gasteiger charge is 2.13. The summed E-state index contributed by atoms with van der Waals surface area (Å²) >= 11 is 1.85. The van der Waals surface area contributed by atoms with Gasteiger partial charge in [0.15, 0.2) is 0 Å². The summed E-state index contributed by atoms with van der Waals surface area (Å²) in [4.78, 5) is 1.47. The van der Waals surface area contributed by atoms with Crippen molar-refractivity contribution in [3.63, 3.8) is 0 Å². The molecule has 3 heteroatoms. The van der Waals surface area contributed by atoms with E-state index < -0.39 is 0 Å². The van der Waals surface area contributed by atoms with E-state index >= 15 is 0 Å². The fourth-order valence-electron chi connectivity index (χ4n) is 2.79. The van der Waals surface area contributed by atoms with Crippen LogP contribution in [0.2, 0.25) is 0 Å². The number of aryl methyl sites for hydroxylation is 1. The number of hydrogen-bond acceptors (Lipinski definition) is 3. The minimum absolute atomic E-state index is 0.467. The Balaban J connectivity index is 1.55. The van der Waals surface area contributed by atoms with Crippen LogP contribution in [-0.2, 0) is 4.74 Å². The van der Waals surface area contributed by atoms with Crippen LogP contribution in [0.1, 0.15) is 61.9 Å². The lowest BCUT2D eigenvalue weighted by atomic mass is 9.98. The molecule has 0 saturated heterocycles. The highest BCUT2D eigenvalue weighted by molar-refractivity contribution is 7.10. The molecule has 1 fully saturated rings. The highest BCUT2D eigenvalue weighted by atomic mass is 32.1. The van der Waals surface area contributed by atoms with Gasteiger partial charge in [0.25, 0.3) is 0 Å². The Morgan fingerprint density at radius 1 is 1.37 bits per heavy atom. The van der Waals surface area contributed by atoms with Gasteiger partial charge in [-0.15, -0.1) is 11.3 Å². The van der Waals surface area contributed by atoms with Gasteiger partial charge in [-0.25, -0.2) is 0 Å². The van der Waals surface area contributed by atoms with E-state index in [1.54, 1.807) is 0 Å². The Bertz CT molecular complexity index is 357. The van der Waals surface area contributed by atoms with Crippen molar-refractivity contribution in [1.82, 2.24) is 5.32 Å². The van der Waals surface area contributed by atoms with Gasteiger partial charge in [0.1, 0.15) is 0 Å². The molecule has 1 aromatic rings. The predicted octanol–water partition coefficient (Wildman–Crippen LogP) is 4.45. The van der Waals surface area contributed by atoms with Crippen LogP contribution in [0, 0.1) is 6.92 Å². The van der Waals surface area contributed by atoms with E-state index in [0.29, 0.717) is 12.1 Å². The van der Waals surface area contributed by atoms with Crippen LogP contribution in [-0.4, -0.2) is 19.3 Å². The van der Waals surface area contributed by atoms with Gasteiger partial charge < -0.3 is 10.1 Å². The van der Waals surface area contributed by atoms with Crippen LogP contribution >= 0.6 is 11.3 Å². The van der Waals surface area contributed by atoms with E-state index in [1.165, 1.54) is 42.5 Å². The molecule has 0 bridgehead atoms. The molecule has 2 nitrogen and oxygen atoms in total. The van der Waals surface area contributed by atoms with Crippen molar-refractivity contribution < 1.29 is 4.74 Å². The fraction of sp³-hybridized carbons (Fsp3) is 0.750. The maximum atomic E-state index is 5.94. The van der Waals surface area contributed by atoms with Crippen molar-refractivity contribution >= 4 is 11.3 Å². The lowest BCUT2D eigenvalue weighted by Crippen LogP contribution is -2.22. The number of rotatable bonds is 7. The molecule has 19 heavy (non-hydrogen) atoms. The second kappa shape index (κ2) is 8.03. The molecule has 0 aliphatic heterocycles. The largest absolute Gasteiger partial charge is 0.378 e. The van der Waals surface area contributed by atoms with Crippen LogP contribution < -0.4 is 5.32 Å². The van der Waals surface area contributed by atoms with Gasteiger partial charge in [-0.1, -0.05) is 19.3 Å². The summed E-state index contributed by atoms with van der Waals surface area (Å²) in [6.07, 6.45) is 8.33. The van der Waals surface area contributed by atoms with Crippen molar-refractivity contribution in [2.24, 2.45) is 0 Å². The molecule has 0 aromatic carbocycles. The first-order valence-electron chi connectivity index (χ1n) is 7.66. The van der Waals surface area contributed by atoms with Crippen molar-refractivity contribution in [3.8, 4) is 0 Å². The first-order chi connectivity index (χ1) is 9.27. The quantitative estimate of drug-likeness (QED) is 0.746. The van der Waals surface area contributed by atoms with Crippen LogP contribution in [0.25, 0.3) is 0 Å². The maximum Gasteiger partial charge on any atom is 0.0575 e. The summed E-state index contributed by atoms with van der Waals surface area (Å²) in [5.74, 6) is 0. The minimum Gasteiger partial charge on any atom is -0.378 e. The number of hydrogen-bond donors (Lipinski definition) is 1. The SMILES string of the molecule is Cc1ccsc1C(C)NCCCOC1CCCCC1. The Hall–Kier alpha value is -0.380. The summed E-state index contributed by atoms with van der Waals surface area (Å²) in [5, 5.41) is 5.77. The monoisotopic (exact) mass is 281 g/mol. The summed E-state index contributed by atoms with van der Waals surface area (Å²) in [5.41, 5.74) is 1.41. The molecule has 1 atom stereocenters. The maximum absolute atomic E-state index is 5.94. The Labute approximate surface area is 121 Å².